The lowest BCUT2D eigenvalue weighted by atomic mass is 9.94. The molecule has 0 aliphatic heterocycles. The number of hydrogen-bond donors (Lipinski definition) is 1. The van der Waals surface area contributed by atoms with E-state index in [1.807, 2.05) is 24.3 Å². The van der Waals surface area contributed by atoms with E-state index in [0.717, 1.165) is 17.7 Å². The summed E-state index contributed by atoms with van der Waals surface area (Å²) in [4.78, 5) is 11.2. The van der Waals surface area contributed by atoms with Gasteiger partial charge in [-0.05, 0) is 36.5 Å². The molecule has 1 unspecified atom stereocenters. The highest BCUT2D eigenvalue weighted by atomic mass is 16.5. The van der Waals surface area contributed by atoms with Crippen LogP contribution in [-0.2, 0) is 11.2 Å². The van der Waals surface area contributed by atoms with Gasteiger partial charge in [0.2, 0.25) is 0 Å². The van der Waals surface area contributed by atoms with Crippen molar-refractivity contribution in [3.63, 3.8) is 0 Å². The summed E-state index contributed by atoms with van der Waals surface area (Å²) in [6.45, 7) is 0. The van der Waals surface area contributed by atoms with Crippen LogP contribution in [0.4, 0.5) is 0 Å². The highest BCUT2D eigenvalue weighted by Crippen LogP contribution is 2.36. The third-order valence-electron chi connectivity index (χ3n) is 3.31. The molecule has 1 N–H and O–H groups in total. The maximum Gasteiger partial charge on any atom is 0.306 e. The molecule has 0 heterocycles. The lowest BCUT2D eigenvalue weighted by Gasteiger charge is -2.12. The number of aliphatic carboxylic acids is 1. The molecule has 1 aliphatic carbocycles. The molecular weight excluding hydrogens is 216 g/mol. The normalized spacial score (nSPS) is 16.5. The Kier molecular flexibility index (Phi) is 3.67. The molecule has 2 rings (SSSR count). The van der Waals surface area contributed by atoms with Crippen LogP contribution in [0.2, 0.25) is 0 Å². The first-order valence-electron chi connectivity index (χ1n) is 6.04. The molecule has 0 aromatic heterocycles. The van der Waals surface area contributed by atoms with Crippen LogP contribution in [-0.4, -0.2) is 18.2 Å². The number of ether oxygens (including phenoxy) is 1. The van der Waals surface area contributed by atoms with Gasteiger partial charge in [0.25, 0.3) is 0 Å². The molecule has 1 aromatic rings. The van der Waals surface area contributed by atoms with Gasteiger partial charge in [-0.2, -0.15) is 0 Å². The summed E-state index contributed by atoms with van der Waals surface area (Å²) in [6.07, 6.45) is 3.84. The molecule has 1 fully saturated rings. The van der Waals surface area contributed by atoms with Gasteiger partial charge in [-0.15, -0.1) is 0 Å². The van der Waals surface area contributed by atoms with E-state index in [-0.39, 0.29) is 5.92 Å². The molecule has 3 heteroatoms. The summed E-state index contributed by atoms with van der Waals surface area (Å²) in [5.41, 5.74) is 1.07. The number of carboxylic acid groups (broad SMARTS) is 1. The zero-order chi connectivity index (χ0) is 12.3. The topological polar surface area (TPSA) is 46.5 Å². The second-order valence-electron chi connectivity index (χ2n) is 4.77. The van der Waals surface area contributed by atoms with Crippen LogP contribution in [0.1, 0.15) is 24.8 Å². The summed E-state index contributed by atoms with van der Waals surface area (Å²) < 4.78 is 5.08. The minimum absolute atomic E-state index is 0.240. The zero-order valence-corrected chi connectivity index (χ0v) is 10.1. The molecule has 1 aromatic carbocycles. The molecule has 0 radical (unpaired) electrons. The van der Waals surface area contributed by atoms with Gasteiger partial charge in [0.15, 0.2) is 0 Å². The first-order valence-corrected chi connectivity index (χ1v) is 6.04. The zero-order valence-electron chi connectivity index (χ0n) is 10.1. The fourth-order valence-corrected chi connectivity index (χ4v) is 2.07. The number of methoxy groups -OCH3 is 1. The molecule has 1 aliphatic rings. The largest absolute Gasteiger partial charge is 0.497 e. The summed E-state index contributed by atoms with van der Waals surface area (Å²) in [7, 11) is 1.63. The molecule has 1 saturated carbocycles. The summed E-state index contributed by atoms with van der Waals surface area (Å²) in [5, 5.41) is 9.19. The standard InChI is InChI=1S/C14H18O3/c1-17-13-6-4-11(5-7-13)9-12(14(15)16)8-10-2-3-10/h4-7,10,12H,2-3,8-9H2,1H3,(H,15,16). The van der Waals surface area contributed by atoms with Crippen LogP contribution >= 0.6 is 0 Å². The van der Waals surface area contributed by atoms with E-state index in [0.29, 0.717) is 12.3 Å². The maximum atomic E-state index is 11.2. The van der Waals surface area contributed by atoms with Crippen LogP contribution in [0.25, 0.3) is 0 Å². The Bertz CT molecular complexity index is 379. The fraction of sp³-hybridized carbons (Fsp3) is 0.500. The van der Waals surface area contributed by atoms with Gasteiger partial charge < -0.3 is 9.84 Å². The van der Waals surface area contributed by atoms with Crippen molar-refractivity contribution >= 4 is 5.97 Å². The number of rotatable bonds is 6. The molecule has 0 amide bonds. The van der Waals surface area contributed by atoms with E-state index < -0.39 is 5.97 Å². The highest BCUT2D eigenvalue weighted by Gasteiger charge is 2.29. The van der Waals surface area contributed by atoms with Crippen molar-refractivity contribution in [3.05, 3.63) is 29.8 Å². The van der Waals surface area contributed by atoms with Crippen molar-refractivity contribution < 1.29 is 14.6 Å². The lowest BCUT2D eigenvalue weighted by Crippen LogP contribution is -2.17. The van der Waals surface area contributed by atoms with Crippen molar-refractivity contribution in [1.29, 1.82) is 0 Å². The predicted molar refractivity (Wildman–Crippen MR) is 65.2 cm³/mol. The van der Waals surface area contributed by atoms with Gasteiger partial charge in [0, 0.05) is 0 Å². The minimum atomic E-state index is -0.673. The molecule has 92 valence electrons. The van der Waals surface area contributed by atoms with Gasteiger partial charge in [-0.25, -0.2) is 0 Å². The second-order valence-corrected chi connectivity index (χ2v) is 4.77. The molecule has 3 nitrogen and oxygen atoms in total. The van der Waals surface area contributed by atoms with Crippen molar-refractivity contribution in [2.24, 2.45) is 11.8 Å². The van der Waals surface area contributed by atoms with Crippen LogP contribution in [0.15, 0.2) is 24.3 Å². The SMILES string of the molecule is COc1ccc(CC(CC2CC2)C(=O)O)cc1. The highest BCUT2D eigenvalue weighted by molar-refractivity contribution is 5.70. The van der Waals surface area contributed by atoms with Crippen molar-refractivity contribution in [1.82, 2.24) is 0 Å². The van der Waals surface area contributed by atoms with Crippen molar-refractivity contribution in [2.75, 3.05) is 7.11 Å². The number of carbonyl (C=O) groups is 1. The third kappa shape index (κ3) is 3.48. The Morgan fingerprint density at radius 1 is 1.41 bits per heavy atom. The second kappa shape index (κ2) is 5.21. The van der Waals surface area contributed by atoms with Crippen LogP contribution < -0.4 is 4.74 Å². The molecule has 17 heavy (non-hydrogen) atoms. The molecule has 1 atom stereocenters. The van der Waals surface area contributed by atoms with E-state index in [1.54, 1.807) is 7.11 Å². The van der Waals surface area contributed by atoms with Crippen LogP contribution in [0, 0.1) is 11.8 Å². The Morgan fingerprint density at radius 2 is 2.06 bits per heavy atom. The minimum Gasteiger partial charge on any atom is -0.497 e. The fourth-order valence-electron chi connectivity index (χ4n) is 2.07. The smallest absolute Gasteiger partial charge is 0.306 e. The Morgan fingerprint density at radius 3 is 2.53 bits per heavy atom. The number of benzene rings is 1. The van der Waals surface area contributed by atoms with E-state index in [9.17, 15) is 9.90 Å². The Hall–Kier alpha value is -1.51. The van der Waals surface area contributed by atoms with Gasteiger partial charge in [0.1, 0.15) is 5.75 Å². The van der Waals surface area contributed by atoms with Gasteiger partial charge in [-0.1, -0.05) is 25.0 Å². The summed E-state index contributed by atoms with van der Waals surface area (Å²) >= 11 is 0. The number of carboxylic acids is 1. The van der Waals surface area contributed by atoms with Gasteiger partial charge in [0.05, 0.1) is 13.0 Å². The van der Waals surface area contributed by atoms with E-state index in [1.165, 1.54) is 12.8 Å². The monoisotopic (exact) mass is 234 g/mol. The Balaban J connectivity index is 1.97. The predicted octanol–water partition coefficient (Wildman–Crippen LogP) is 2.74. The maximum absolute atomic E-state index is 11.2. The number of hydrogen-bond acceptors (Lipinski definition) is 2. The molecular formula is C14H18O3. The first-order chi connectivity index (χ1) is 8.19. The van der Waals surface area contributed by atoms with Gasteiger partial charge in [-0.3, -0.25) is 4.79 Å². The quantitative estimate of drug-likeness (QED) is 0.823. The van der Waals surface area contributed by atoms with Crippen LogP contribution in [0.3, 0.4) is 0 Å². The lowest BCUT2D eigenvalue weighted by molar-refractivity contribution is -0.142. The average molecular weight is 234 g/mol. The van der Waals surface area contributed by atoms with Crippen LogP contribution in [0.5, 0.6) is 5.75 Å². The average Bonchev–Trinajstić information content (AvgIpc) is 3.13. The molecule has 0 saturated heterocycles. The van der Waals surface area contributed by atoms with E-state index in [4.69, 9.17) is 4.74 Å². The first kappa shape index (κ1) is 12.0. The molecule has 0 bridgehead atoms. The van der Waals surface area contributed by atoms with Crippen molar-refractivity contribution in [2.45, 2.75) is 25.7 Å². The Labute approximate surface area is 101 Å². The van der Waals surface area contributed by atoms with E-state index in [2.05, 4.69) is 0 Å². The van der Waals surface area contributed by atoms with E-state index >= 15 is 0 Å². The summed E-state index contributed by atoms with van der Waals surface area (Å²) in [5.74, 6) is 0.542. The van der Waals surface area contributed by atoms with Crippen molar-refractivity contribution in [3.8, 4) is 5.75 Å². The third-order valence-corrected chi connectivity index (χ3v) is 3.31. The summed E-state index contributed by atoms with van der Waals surface area (Å²) in [6, 6.07) is 7.65. The van der Waals surface area contributed by atoms with Gasteiger partial charge >= 0.3 is 5.97 Å². The molecule has 0 spiro atoms.